The van der Waals surface area contributed by atoms with Crippen LogP contribution in [0.25, 0.3) is 0 Å². The third-order valence-corrected chi connectivity index (χ3v) is 6.58. The Morgan fingerprint density at radius 3 is 1.71 bits per heavy atom. The minimum atomic E-state index is -0.553. The van der Waals surface area contributed by atoms with Gasteiger partial charge in [-0.15, -0.1) is 0 Å². The third-order valence-electron chi connectivity index (χ3n) is 6.58. The first-order valence-corrected chi connectivity index (χ1v) is 10.1. The zero-order valence-corrected chi connectivity index (χ0v) is 15.3. The molecule has 0 saturated heterocycles. The standard InChI is InChI=1S/C22H32F2/c1-3-4-16-7-11-18(12-8-16)20-14-13-19(21(23)22(20)24)17-9-5-15(2)6-10-17/h13-18H,3-12H2,1-2H3. The van der Waals surface area contributed by atoms with Gasteiger partial charge in [0.15, 0.2) is 11.6 Å². The second-order valence-electron chi connectivity index (χ2n) is 8.34. The molecule has 0 N–H and O–H groups in total. The number of rotatable bonds is 4. The minimum absolute atomic E-state index is 0.213. The molecule has 3 rings (SSSR count). The summed E-state index contributed by atoms with van der Waals surface area (Å²) in [5, 5.41) is 0. The first-order chi connectivity index (χ1) is 11.6. The highest BCUT2D eigenvalue weighted by atomic mass is 19.2. The minimum Gasteiger partial charge on any atom is -0.203 e. The van der Waals surface area contributed by atoms with Crippen molar-refractivity contribution in [1.29, 1.82) is 0 Å². The molecule has 0 amide bonds. The van der Waals surface area contributed by atoms with E-state index in [4.69, 9.17) is 0 Å². The highest BCUT2D eigenvalue weighted by Crippen LogP contribution is 2.41. The van der Waals surface area contributed by atoms with Gasteiger partial charge in [-0.3, -0.25) is 0 Å². The summed E-state index contributed by atoms with van der Waals surface area (Å²) < 4.78 is 29.5. The zero-order valence-electron chi connectivity index (χ0n) is 15.3. The molecule has 1 aromatic rings. The largest absolute Gasteiger partial charge is 0.203 e. The predicted octanol–water partition coefficient (Wildman–Crippen LogP) is 7.33. The maximum atomic E-state index is 14.7. The Labute approximate surface area is 146 Å². The Balaban J connectivity index is 1.71. The van der Waals surface area contributed by atoms with Gasteiger partial charge in [-0.05, 0) is 73.3 Å². The van der Waals surface area contributed by atoms with Gasteiger partial charge < -0.3 is 0 Å². The number of halogens is 2. The van der Waals surface area contributed by atoms with E-state index in [0.29, 0.717) is 11.1 Å². The highest BCUT2D eigenvalue weighted by molar-refractivity contribution is 5.31. The van der Waals surface area contributed by atoms with Crippen LogP contribution in [0, 0.1) is 23.5 Å². The van der Waals surface area contributed by atoms with Gasteiger partial charge in [-0.25, -0.2) is 8.78 Å². The molecule has 134 valence electrons. The van der Waals surface area contributed by atoms with Crippen LogP contribution in [-0.2, 0) is 0 Å². The van der Waals surface area contributed by atoms with Gasteiger partial charge in [0.25, 0.3) is 0 Å². The highest BCUT2D eigenvalue weighted by Gasteiger charge is 2.28. The summed E-state index contributed by atoms with van der Waals surface area (Å²) in [7, 11) is 0. The van der Waals surface area contributed by atoms with E-state index in [1.807, 2.05) is 12.1 Å². The molecule has 0 nitrogen and oxygen atoms in total. The van der Waals surface area contributed by atoms with Crippen molar-refractivity contribution in [1.82, 2.24) is 0 Å². The second kappa shape index (κ2) is 7.97. The van der Waals surface area contributed by atoms with Crippen molar-refractivity contribution in [3.05, 3.63) is 34.9 Å². The van der Waals surface area contributed by atoms with Gasteiger partial charge in [-0.1, -0.05) is 51.7 Å². The van der Waals surface area contributed by atoms with Crippen molar-refractivity contribution in [3.8, 4) is 0 Å². The Hall–Kier alpha value is -0.920. The summed E-state index contributed by atoms with van der Waals surface area (Å²) in [6.07, 6.45) is 11.1. The molecule has 0 heterocycles. The molecular formula is C22H32F2. The Bertz CT molecular complexity index is 535. The van der Waals surface area contributed by atoms with E-state index < -0.39 is 11.6 Å². The molecule has 0 aromatic heterocycles. The molecule has 0 radical (unpaired) electrons. The molecule has 1 aromatic carbocycles. The van der Waals surface area contributed by atoms with Crippen molar-refractivity contribution in [2.24, 2.45) is 11.8 Å². The summed E-state index contributed by atoms with van der Waals surface area (Å²) >= 11 is 0. The van der Waals surface area contributed by atoms with Crippen molar-refractivity contribution < 1.29 is 8.78 Å². The quantitative estimate of drug-likeness (QED) is 0.540. The topological polar surface area (TPSA) is 0 Å². The summed E-state index contributed by atoms with van der Waals surface area (Å²) in [4.78, 5) is 0. The van der Waals surface area contributed by atoms with Crippen LogP contribution in [0.1, 0.15) is 101 Å². The Kier molecular flexibility index (Phi) is 5.94. The van der Waals surface area contributed by atoms with E-state index in [1.54, 1.807) is 0 Å². The average molecular weight is 334 g/mol. The van der Waals surface area contributed by atoms with E-state index in [0.717, 1.165) is 50.4 Å². The molecular weight excluding hydrogens is 302 g/mol. The first kappa shape index (κ1) is 17.9. The predicted molar refractivity (Wildman–Crippen MR) is 96.3 cm³/mol. The van der Waals surface area contributed by atoms with Crippen LogP contribution >= 0.6 is 0 Å². The van der Waals surface area contributed by atoms with Crippen molar-refractivity contribution in [2.45, 2.75) is 89.9 Å². The molecule has 2 fully saturated rings. The fourth-order valence-corrected chi connectivity index (χ4v) is 4.95. The van der Waals surface area contributed by atoms with Crippen LogP contribution in [-0.4, -0.2) is 0 Å². The summed E-state index contributed by atoms with van der Waals surface area (Å²) in [6, 6.07) is 3.79. The van der Waals surface area contributed by atoms with Gasteiger partial charge in [0.2, 0.25) is 0 Å². The Morgan fingerprint density at radius 1 is 0.792 bits per heavy atom. The lowest BCUT2D eigenvalue weighted by Gasteiger charge is -2.30. The van der Waals surface area contributed by atoms with E-state index in [1.165, 1.54) is 25.7 Å². The lowest BCUT2D eigenvalue weighted by atomic mass is 9.75. The first-order valence-electron chi connectivity index (χ1n) is 10.1. The smallest absolute Gasteiger partial charge is 0.162 e. The molecule has 0 spiro atoms. The summed E-state index contributed by atoms with van der Waals surface area (Å²) in [5.41, 5.74) is 1.26. The summed E-state index contributed by atoms with van der Waals surface area (Å²) in [5.74, 6) is 0.847. The fraction of sp³-hybridized carbons (Fsp3) is 0.727. The van der Waals surface area contributed by atoms with Crippen molar-refractivity contribution >= 4 is 0 Å². The van der Waals surface area contributed by atoms with Crippen LogP contribution in [0.3, 0.4) is 0 Å². The molecule has 2 heteroatoms. The number of hydrogen-bond donors (Lipinski definition) is 0. The molecule has 0 atom stereocenters. The van der Waals surface area contributed by atoms with Gasteiger partial charge in [0.05, 0.1) is 0 Å². The van der Waals surface area contributed by atoms with Gasteiger partial charge in [0.1, 0.15) is 0 Å². The van der Waals surface area contributed by atoms with Gasteiger partial charge >= 0.3 is 0 Å². The SMILES string of the molecule is CCCC1CCC(c2ccc(C3CCC(C)CC3)c(F)c2F)CC1. The molecule has 2 aliphatic carbocycles. The van der Waals surface area contributed by atoms with Crippen LogP contribution in [0.2, 0.25) is 0 Å². The molecule has 2 saturated carbocycles. The average Bonchev–Trinajstić information content (AvgIpc) is 2.59. The fourth-order valence-electron chi connectivity index (χ4n) is 4.95. The van der Waals surface area contributed by atoms with Crippen LogP contribution in [0.4, 0.5) is 8.78 Å². The molecule has 0 bridgehead atoms. The van der Waals surface area contributed by atoms with E-state index in [2.05, 4.69) is 13.8 Å². The van der Waals surface area contributed by atoms with Crippen LogP contribution in [0.5, 0.6) is 0 Å². The third kappa shape index (κ3) is 3.83. The van der Waals surface area contributed by atoms with Crippen LogP contribution in [0.15, 0.2) is 12.1 Å². The lowest BCUT2D eigenvalue weighted by molar-refractivity contribution is 0.301. The van der Waals surface area contributed by atoms with Crippen LogP contribution < -0.4 is 0 Å². The molecule has 0 unspecified atom stereocenters. The van der Waals surface area contributed by atoms with E-state index in [9.17, 15) is 8.78 Å². The normalized spacial score (nSPS) is 31.2. The van der Waals surface area contributed by atoms with Crippen molar-refractivity contribution in [3.63, 3.8) is 0 Å². The maximum absolute atomic E-state index is 14.7. The Morgan fingerprint density at radius 2 is 1.25 bits per heavy atom. The molecule has 2 aliphatic rings. The number of hydrogen-bond acceptors (Lipinski definition) is 0. The zero-order chi connectivity index (χ0) is 17.1. The summed E-state index contributed by atoms with van der Waals surface area (Å²) in [6.45, 7) is 4.48. The van der Waals surface area contributed by atoms with E-state index in [-0.39, 0.29) is 11.8 Å². The van der Waals surface area contributed by atoms with Gasteiger partial charge in [-0.2, -0.15) is 0 Å². The molecule has 0 aliphatic heterocycles. The van der Waals surface area contributed by atoms with Crippen molar-refractivity contribution in [2.75, 3.05) is 0 Å². The number of benzene rings is 1. The van der Waals surface area contributed by atoms with E-state index >= 15 is 0 Å². The lowest BCUT2D eigenvalue weighted by Crippen LogP contribution is -2.16. The van der Waals surface area contributed by atoms with Gasteiger partial charge in [0, 0.05) is 0 Å². The second-order valence-corrected chi connectivity index (χ2v) is 8.34. The molecule has 24 heavy (non-hydrogen) atoms. The maximum Gasteiger partial charge on any atom is 0.162 e. The monoisotopic (exact) mass is 334 g/mol.